The molecular weight excluding hydrogens is 528 g/mol. The highest BCUT2D eigenvalue weighted by Gasteiger charge is 2.56. The predicted octanol–water partition coefficient (Wildman–Crippen LogP) is 5.77. The number of H-pyrrole nitrogens is 1. The molecule has 1 aromatic heterocycles. The number of benzene rings is 3. The lowest BCUT2D eigenvalue weighted by atomic mass is 9.82. The summed E-state index contributed by atoms with van der Waals surface area (Å²) in [5, 5.41) is 0.483. The van der Waals surface area contributed by atoms with E-state index in [1.54, 1.807) is 24.3 Å². The van der Waals surface area contributed by atoms with Crippen LogP contribution in [0.15, 0.2) is 82.6 Å². The fourth-order valence-corrected chi connectivity index (χ4v) is 7.66. The Morgan fingerprint density at radius 1 is 0.973 bits per heavy atom. The van der Waals surface area contributed by atoms with Gasteiger partial charge in [-0.2, -0.15) is 0 Å². The summed E-state index contributed by atoms with van der Waals surface area (Å²) in [6, 6.07) is 22.3. The zero-order valence-electron chi connectivity index (χ0n) is 19.6. The lowest BCUT2D eigenvalue weighted by Gasteiger charge is -2.30. The second-order valence-electron chi connectivity index (χ2n) is 9.05. The van der Waals surface area contributed by atoms with Crippen LogP contribution in [-0.4, -0.2) is 22.0 Å². The van der Waals surface area contributed by atoms with Crippen molar-refractivity contribution in [1.82, 2.24) is 4.98 Å². The molecule has 3 aromatic carbocycles. The van der Waals surface area contributed by atoms with E-state index >= 15 is 0 Å². The lowest BCUT2D eigenvalue weighted by molar-refractivity contribution is -0.122. The molecule has 186 valence electrons. The molecule has 37 heavy (non-hydrogen) atoms. The highest BCUT2D eigenvalue weighted by molar-refractivity contribution is 8.00. The van der Waals surface area contributed by atoms with Crippen molar-refractivity contribution in [2.24, 2.45) is 5.92 Å². The van der Waals surface area contributed by atoms with Crippen molar-refractivity contribution in [2.75, 3.05) is 4.90 Å². The first-order chi connectivity index (χ1) is 17.9. The van der Waals surface area contributed by atoms with Crippen LogP contribution in [0.1, 0.15) is 27.5 Å². The maximum absolute atomic E-state index is 13.9. The van der Waals surface area contributed by atoms with Crippen LogP contribution in [0.5, 0.6) is 5.75 Å². The summed E-state index contributed by atoms with van der Waals surface area (Å²) in [6.45, 7) is 2.38. The number of aromatic nitrogens is 1. The molecule has 3 atom stereocenters. The van der Waals surface area contributed by atoms with Gasteiger partial charge in [-0.1, -0.05) is 82.7 Å². The number of nitrogens with one attached hydrogen (secondary N) is 1. The van der Waals surface area contributed by atoms with Crippen LogP contribution in [0.2, 0.25) is 5.02 Å². The van der Waals surface area contributed by atoms with Crippen molar-refractivity contribution in [3.63, 3.8) is 0 Å². The molecule has 1 saturated heterocycles. The van der Waals surface area contributed by atoms with Crippen molar-refractivity contribution in [1.29, 1.82) is 0 Å². The average Bonchev–Trinajstić information content (AvgIpc) is 3.38. The molecule has 2 aliphatic heterocycles. The number of thiazole rings is 1. The number of rotatable bonds is 5. The Kier molecular flexibility index (Phi) is 6.18. The largest absolute Gasteiger partial charge is 0.489 e. The molecular formula is C28H21ClN2O4S2. The molecule has 0 spiro atoms. The standard InChI is InChI=1S/C28H21ClN2O4S2/c1-15-5-4-6-16(13-15)14-35-20-8-3-2-7-19(20)21-22-24(36-25-23(21)37-28(34)30-25)27(33)31(26(22)32)18-11-9-17(29)10-12-18/h2-13,21-22,24H,14H2,1H3,(H,30,34)/t21-,22-,24+/m0/s1. The van der Waals surface area contributed by atoms with Crippen molar-refractivity contribution in [2.45, 2.75) is 29.7 Å². The molecule has 3 heterocycles. The maximum Gasteiger partial charge on any atom is 0.305 e. The number of amides is 2. The number of para-hydroxylation sites is 1. The molecule has 6 rings (SSSR count). The number of imide groups is 1. The van der Waals surface area contributed by atoms with Gasteiger partial charge in [-0.15, -0.1) is 0 Å². The Labute approximate surface area is 226 Å². The number of ether oxygens (including phenoxy) is 1. The van der Waals surface area contributed by atoms with E-state index < -0.39 is 17.1 Å². The minimum atomic E-state index is -0.684. The first-order valence-electron chi connectivity index (χ1n) is 11.7. The molecule has 1 fully saturated rings. The highest BCUT2D eigenvalue weighted by Crippen LogP contribution is 2.54. The predicted molar refractivity (Wildman–Crippen MR) is 146 cm³/mol. The molecule has 6 nitrogen and oxygen atoms in total. The molecule has 2 aliphatic rings. The quantitative estimate of drug-likeness (QED) is 0.320. The van der Waals surface area contributed by atoms with Gasteiger partial charge >= 0.3 is 4.87 Å². The van der Waals surface area contributed by atoms with Gasteiger partial charge in [0.25, 0.3) is 0 Å². The molecule has 9 heteroatoms. The van der Waals surface area contributed by atoms with Crippen molar-refractivity contribution >= 4 is 52.2 Å². The van der Waals surface area contributed by atoms with Crippen LogP contribution in [-0.2, 0) is 16.2 Å². The van der Waals surface area contributed by atoms with E-state index in [-0.39, 0.29) is 16.7 Å². The van der Waals surface area contributed by atoms with E-state index in [9.17, 15) is 14.4 Å². The zero-order chi connectivity index (χ0) is 25.7. The SMILES string of the molecule is Cc1cccc(COc2ccccc2[C@@H]2c3sc(=O)[nH]c3S[C@H]3C(=O)N(c4ccc(Cl)cc4)C(=O)[C@@H]23)c1. The summed E-state index contributed by atoms with van der Waals surface area (Å²) >= 11 is 8.37. The van der Waals surface area contributed by atoms with E-state index in [1.807, 2.05) is 49.4 Å². The van der Waals surface area contributed by atoms with E-state index in [4.69, 9.17) is 16.3 Å². The second kappa shape index (κ2) is 9.52. The molecule has 1 N–H and O–H groups in total. The number of nitrogens with zero attached hydrogens (tertiary/aromatic N) is 1. The number of hydrogen-bond acceptors (Lipinski definition) is 6. The van der Waals surface area contributed by atoms with Gasteiger partial charge < -0.3 is 9.72 Å². The normalized spacial score (nSPS) is 20.6. The summed E-state index contributed by atoms with van der Waals surface area (Å²) < 4.78 is 6.27. The summed E-state index contributed by atoms with van der Waals surface area (Å²) in [4.78, 5) is 44.5. The number of carbonyl (C=O) groups excluding carboxylic acids is 2. The number of thioether (sulfide) groups is 1. The van der Waals surface area contributed by atoms with Gasteiger partial charge in [0, 0.05) is 21.4 Å². The van der Waals surface area contributed by atoms with Gasteiger partial charge in [-0.3, -0.25) is 14.4 Å². The van der Waals surface area contributed by atoms with Gasteiger partial charge in [0.05, 0.1) is 16.6 Å². The van der Waals surface area contributed by atoms with Crippen molar-refractivity contribution < 1.29 is 14.3 Å². The van der Waals surface area contributed by atoms with E-state index in [0.717, 1.165) is 32.9 Å². The van der Waals surface area contributed by atoms with E-state index in [2.05, 4.69) is 11.1 Å². The van der Waals surface area contributed by atoms with Crippen LogP contribution in [0, 0.1) is 12.8 Å². The molecule has 0 aliphatic carbocycles. The van der Waals surface area contributed by atoms with Gasteiger partial charge in [0.15, 0.2) is 0 Å². The Hall–Kier alpha value is -3.33. The van der Waals surface area contributed by atoms with Gasteiger partial charge in [-0.05, 0) is 42.8 Å². The summed E-state index contributed by atoms with van der Waals surface area (Å²) in [6.07, 6.45) is 0. The third kappa shape index (κ3) is 4.29. The monoisotopic (exact) mass is 548 g/mol. The zero-order valence-corrected chi connectivity index (χ0v) is 22.0. The van der Waals surface area contributed by atoms with Crippen LogP contribution in [0.3, 0.4) is 0 Å². The van der Waals surface area contributed by atoms with Crippen LogP contribution in [0.25, 0.3) is 0 Å². The lowest BCUT2D eigenvalue weighted by Crippen LogP contribution is -2.32. The molecule has 0 unspecified atom stereocenters. The van der Waals surface area contributed by atoms with Crippen LogP contribution in [0.4, 0.5) is 5.69 Å². The molecule has 4 aromatic rings. The average molecular weight is 549 g/mol. The fraction of sp³-hybridized carbons (Fsp3) is 0.179. The van der Waals surface area contributed by atoms with E-state index in [0.29, 0.717) is 28.1 Å². The smallest absolute Gasteiger partial charge is 0.305 e. The third-order valence-corrected chi connectivity index (χ3v) is 9.29. The summed E-state index contributed by atoms with van der Waals surface area (Å²) in [5.74, 6) is -1.17. The van der Waals surface area contributed by atoms with Crippen LogP contribution < -0.4 is 14.5 Å². The minimum absolute atomic E-state index is 0.213. The Morgan fingerprint density at radius 3 is 2.54 bits per heavy atom. The van der Waals surface area contributed by atoms with Crippen molar-refractivity contribution in [3.05, 3.63) is 109 Å². The van der Waals surface area contributed by atoms with Crippen LogP contribution >= 0.6 is 34.7 Å². The number of halogens is 1. The number of carbonyl (C=O) groups is 2. The highest BCUT2D eigenvalue weighted by atomic mass is 35.5. The third-order valence-electron chi connectivity index (χ3n) is 6.64. The number of aromatic amines is 1. The topological polar surface area (TPSA) is 79.5 Å². The molecule has 0 bridgehead atoms. The first-order valence-corrected chi connectivity index (χ1v) is 13.8. The number of aryl methyl sites for hydroxylation is 1. The van der Waals surface area contributed by atoms with Gasteiger partial charge in [-0.25, -0.2) is 4.90 Å². The summed E-state index contributed by atoms with van der Waals surface area (Å²) in [7, 11) is 0. The Balaban J connectivity index is 1.42. The Bertz CT molecular complexity index is 1580. The summed E-state index contributed by atoms with van der Waals surface area (Å²) in [5.41, 5.74) is 3.43. The number of anilines is 1. The maximum atomic E-state index is 13.9. The Morgan fingerprint density at radius 2 is 1.76 bits per heavy atom. The number of hydrogen-bond donors (Lipinski definition) is 1. The number of fused-ring (bicyclic) bond motifs is 2. The second-order valence-corrected chi connectivity index (χ2v) is 11.7. The van der Waals surface area contributed by atoms with Gasteiger partial charge in [0.2, 0.25) is 11.8 Å². The molecule has 0 radical (unpaired) electrons. The fourth-order valence-electron chi connectivity index (χ4n) is 5.03. The minimum Gasteiger partial charge on any atom is -0.489 e. The molecule has 2 amide bonds. The van der Waals surface area contributed by atoms with E-state index in [1.165, 1.54) is 16.7 Å². The molecule has 0 saturated carbocycles. The van der Waals surface area contributed by atoms with Gasteiger partial charge in [0.1, 0.15) is 17.6 Å². The van der Waals surface area contributed by atoms with Crippen molar-refractivity contribution in [3.8, 4) is 5.75 Å². The first kappa shape index (κ1) is 24.0.